The maximum Gasteiger partial charge on any atom is 0.215 e. The predicted molar refractivity (Wildman–Crippen MR) is 65.4 cm³/mol. The Bertz CT molecular complexity index is 660. The van der Waals surface area contributed by atoms with Crippen LogP contribution in [-0.2, 0) is 0 Å². The van der Waals surface area contributed by atoms with E-state index in [-0.39, 0.29) is 0 Å². The first-order valence-corrected chi connectivity index (χ1v) is 5.31. The van der Waals surface area contributed by atoms with E-state index in [1.165, 1.54) is 0 Å². The van der Waals surface area contributed by atoms with E-state index in [4.69, 9.17) is 4.74 Å². The lowest BCUT2D eigenvalue weighted by Crippen LogP contribution is -1.94. The summed E-state index contributed by atoms with van der Waals surface area (Å²) in [6.07, 6.45) is 3.53. The van der Waals surface area contributed by atoms with Gasteiger partial charge in [0.15, 0.2) is 0 Å². The predicted octanol–water partition coefficient (Wildman–Crippen LogP) is 2.43. The van der Waals surface area contributed by atoms with Gasteiger partial charge in [0.1, 0.15) is 6.33 Å². The molecule has 0 spiro atoms. The Morgan fingerprint density at radius 1 is 1.12 bits per heavy atom. The maximum absolute atomic E-state index is 5.12. The number of hydrogen-bond donors (Lipinski definition) is 0. The van der Waals surface area contributed by atoms with Crippen molar-refractivity contribution < 1.29 is 4.74 Å². The normalized spacial score (nSPS) is 10.6. The van der Waals surface area contributed by atoms with Gasteiger partial charge in [0.2, 0.25) is 5.88 Å². The van der Waals surface area contributed by atoms with E-state index in [1.807, 2.05) is 41.0 Å². The van der Waals surface area contributed by atoms with Crippen molar-refractivity contribution in [3.8, 4) is 11.6 Å². The monoisotopic (exact) mass is 225 g/mol. The number of hydrogen-bond acceptors (Lipinski definition) is 3. The van der Waals surface area contributed by atoms with Gasteiger partial charge in [0, 0.05) is 12.3 Å². The summed E-state index contributed by atoms with van der Waals surface area (Å²) < 4.78 is 7.13. The fourth-order valence-corrected chi connectivity index (χ4v) is 1.83. The summed E-state index contributed by atoms with van der Waals surface area (Å²) in [5.41, 5.74) is 3.04. The van der Waals surface area contributed by atoms with Crippen LogP contribution in [0, 0.1) is 0 Å². The molecule has 0 aliphatic carbocycles. The van der Waals surface area contributed by atoms with Gasteiger partial charge in [-0.25, -0.2) is 9.97 Å². The largest absolute Gasteiger partial charge is 0.481 e. The van der Waals surface area contributed by atoms with Gasteiger partial charge in [-0.3, -0.25) is 4.57 Å². The van der Waals surface area contributed by atoms with Crippen molar-refractivity contribution in [3.63, 3.8) is 0 Å². The lowest BCUT2D eigenvalue weighted by atomic mass is 10.3. The molecule has 84 valence electrons. The average molecular weight is 225 g/mol. The van der Waals surface area contributed by atoms with E-state index in [2.05, 4.69) is 9.97 Å². The van der Waals surface area contributed by atoms with Crippen molar-refractivity contribution in [1.29, 1.82) is 0 Å². The minimum absolute atomic E-state index is 0.597. The zero-order valence-electron chi connectivity index (χ0n) is 9.37. The van der Waals surface area contributed by atoms with Gasteiger partial charge in [-0.05, 0) is 18.2 Å². The number of nitrogens with zero attached hydrogens (tertiary/aromatic N) is 3. The van der Waals surface area contributed by atoms with Crippen LogP contribution in [0.4, 0.5) is 0 Å². The lowest BCUT2D eigenvalue weighted by Gasteiger charge is -2.05. The Morgan fingerprint density at radius 2 is 2.00 bits per heavy atom. The Hall–Kier alpha value is -2.36. The van der Waals surface area contributed by atoms with Gasteiger partial charge in [0.25, 0.3) is 0 Å². The number of para-hydroxylation sites is 2. The number of aromatic nitrogens is 3. The van der Waals surface area contributed by atoms with Crippen molar-refractivity contribution in [2.45, 2.75) is 0 Å². The third kappa shape index (κ3) is 1.63. The summed E-state index contributed by atoms with van der Waals surface area (Å²) in [4.78, 5) is 8.44. The Balaban J connectivity index is 2.20. The molecule has 0 N–H and O–H groups in total. The Kier molecular flexibility index (Phi) is 2.26. The third-order valence-electron chi connectivity index (χ3n) is 2.66. The summed E-state index contributed by atoms with van der Waals surface area (Å²) >= 11 is 0. The second-order valence-corrected chi connectivity index (χ2v) is 3.66. The fraction of sp³-hybridized carbons (Fsp3) is 0.0769. The van der Waals surface area contributed by atoms with Gasteiger partial charge < -0.3 is 4.74 Å². The second-order valence-electron chi connectivity index (χ2n) is 3.66. The highest BCUT2D eigenvalue weighted by atomic mass is 16.5. The number of methoxy groups -OCH3 is 1. The molecule has 2 heterocycles. The van der Waals surface area contributed by atoms with E-state index in [0.29, 0.717) is 5.88 Å². The average Bonchev–Trinajstić information content (AvgIpc) is 2.82. The van der Waals surface area contributed by atoms with Crippen LogP contribution in [0.15, 0.2) is 48.9 Å². The molecule has 3 aromatic rings. The van der Waals surface area contributed by atoms with Crippen LogP contribution < -0.4 is 4.74 Å². The molecule has 2 aromatic heterocycles. The number of imidazole rings is 1. The van der Waals surface area contributed by atoms with E-state index >= 15 is 0 Å². The van der Waals surface area contributed by atoms with Crippen LogP contribution in [-0.4, -0.2) is 21.6 Å². The van der Waals surface area contributed by atoms with Gasteiger partial charge in [0.05, 0.1) is 23.8 Å². The second kappa shape index (κ2) is 3.90. The van der Waals surface area contributed by atoms with Gasteiger partial charge in [-0.15, -0.1) is 0 Å². The summed E-state index contributed by atoms with van der Waals surface area (Å²) in [6, 6.07) is 11.8. The number of fused-ring (bicyclic) bond motifs is 1. The van der Waals surface area contributed by atoms with E-state index < -0.39 is 0 Å². The first-order chi connectivity index (χ1) is 8.38. The SMILES string of the molecule is COc1cc(-n2cnc3ccccc32)ccn1. The molecule has 3 rings (SSSR count). The highest BCUT2D eigenvalue weighted by Gasteiger charge is 2.04. The molecular formula is C13H11N3O. The molecule has 0 aliphatic rings. The molecule has 0 radical (unpaired) electrons. The zero-order valence-corrected chi connectivity index (χ0v) is 9.37. The van der Waals surface area contributed by atoms with Crippen LogP contribution in [0.25, 0.3) is 16.7 Å². The molecule has 0 unspecified atom stereocenters. The zero-order chi connectivity index (χ0) is 11.7. The first-order valence-electron chi connectivity index (χ1n) is 5.31. The summed E-state index contributed by atoms with van der Waals surface area (Å²) in [6.45, 7) is 0. The third-order valence-corrected chi connectivity index (χ3v) is 2.66. The topological polar surface area (TPSA) is 39.9 Å². The molecule has 0 atom stereocenters. The van der Waals surface area contributed by atoms with Gasteiger partial charge in [-0.2, -0.15) is 0 Å². The number of rotatable bonds is 2. The molecule has 17 heavy (non-hydrogen) atoms. The van der Waals surface area contributed by atoms with E-state index in [0.717, 1.165) is 16.7 Å². The van der Waals surface area contributed by atoms with E-state index in [9.17, 15) is 0 Å². The molecule has 1 aromatic carbocycles. The van der Waals surface area contributed by atoms with Gasteiger partial charge >= 0.3 is 0 Å². The Morgan fingerprint density at radius 3 is 2.88 bits per heavy atom. The molecular weight excluding hydrogens is 214 g/mol. The fourth-order valence-electron chi connectivity index (χ4n) is 1.83. The van der Waals surface area contributed by atoms with Crippen molar-refractivity contribution in [2.75, 3.05) is 7.11 Å². The van der Waals surface area contributed by atoms with Crippen LogP contribution in [0.1, 0.15) is 0 Å². The van der Waals surface area contributed by atoms with Crippen molar-refractivity contribution >= 4 is 11.0 Å². The first kappa shape index (κ1) is 9.84. The standard InChI is InChI=1S/C13H11N3O/c1-17-13-8-10(6-7-14-13)16-9-15-11-4-2-3-5-12(11)16/h2-9H,1H3. The van der Waals surface area contributed by atoms with Crippen LogP contribution >= 0.6 is 0 Å². The summed E-state index contributed by atoms with van der Waals surface area (Å²) in [7, 11) is 1.61. The van der Waals surface area contributed by atoms with Gasteiger partial charge in [-0.1, -0.05) is 12.1 Å². The molecule has 4 heteroatoms. The molecule has 0 saturated heterocycles. The van der Waals surface area contributed by atoms with Crippen LogP contribution in [0.2, 0.25) is 0 Å². The smallest absolute Gasteiger partial charge is 0.215 e. The molecule has 0 amide bonds. The molecule has 0 aliphatic heterocycles. The van der Waals surface area contributed by atoms with Crippen molar-refractivity contribution in [2.24, 2.45) is 0 Å². The summed E-state index contributed by atoms with van der Waals surface area (Å²) in [5.74, 6) is 0.597. The molecule has 0 fully saturated rings. The van der Waals surface area contributed by atoms with Crippen molar-refractivity contribution in [3.05, 3.63) is 48.9 Å². The minimum atomic E-state index is 0.597. The highest BCUT2D eigenvalue weighted by molar-refractivity contribution is 5.77. The van der Waals surface area contributed by atoms with E-state index in [1.54, 1.807) is 19.6 Å². The molecule has 0 saturated carbocycles. The number of pyridine rings is 1. The van der Waals surface area contributed by atoms with Crippen LogP contribution in [0.5, 0.6) is 5.88 Å². The lowest BCUT2D eigenvalue weighted by molar-refractivity contribution is 0.397. The summed E-state index contributed by atoms with van der Waals surface area (Å²) in [5, 5.41) is 0. The number of ether oxygens (including phenoxy) is 1. The Labute approximate surface area is 98.5 Å². The number of benzene rings is 1. The van der Waals surface area contributed by atoms with Crippen LogP contribution in [0.3, 0.4) is 0 Å². The maximum atomic E-state index is 5.12. The van der Waals surface area contributed by atoms with Crippen molar-refractivity contribution in [1.82, 2.24) is 14.5 Å². The quantitative estimate of drug-likeness (QED) is 0.672. The minimum Gasteiger partial charge on any atom is -0.481 e. The molecule has 4 nitrogen and oxygen atoms in total. The highest BCUT2D eigenvalue weighted by Crippen LogP contribution is 2.19. The molecule has 0 bridgehead atoms.